The summed E-state index contributed by atoms with van der Waals surface area (Å²) in [6.07, 6.45) is 7.84. The highest BCUT2D eigenvalue weighted by molar-refractivity contribution is 5.92. The van der Waals surface area contributed by atoms with Crippen molar-refractivity contribution in [2.75, 3.05) is 50.7 Å². The number of hydrogen-bond donors (Lipinski definition) is 0. The fraction of sp³-hybridized carbons (Fsp3) is 0.367. The fourth-order valence-electron chi connectivity index (χ4n) is 5.88. The zero-order valence-electron chi connectivity index (χ0n) is 20.7. The van der Waals surface area contributed by atoms with E-state index in [0.717, 1.165) is 70.9 Å². The third-order valence-electron chi connectivity index (χ3n) is 8.15. The van der Waals surface area contributed by atoms with Gasteiger partial charge in [-0.15, -0.1) is 10.2 Å². The Morgan fingerprint density at radius 3 is 2.31 bits per heavy atom. The smallest absolute Gasteiger partial charge is 0.274 e. The molecule has 6 nitrogen and oxygen atoms in total. The molecular formula is C30H33N5O. The largest absolute Gasteiger partial charge is 0.355 e. The number of allylic oxidation sites excluding steroid dienone is 1. The maximum atomic E-state index is 13.0. The third kappa shape index (κ3) is 4.53. The Balaban J connectivity index is 1.01. The number of piperidine rings is 1. The van der Waals surface area contributed by atoms with E-state index in [4.69, 9.17) is 0 Å². The first-order chi connectivity index (χ1) is 17.7. The van der Waals surface area contributed by atoms with Gasteiger partial charge >= 0.3 is 0 Å². The summed E-state index contributed by atoms with van der Waals surface area (Å²) in [6, 6.07) is 23.1. The van der Waals surface area contributed by atoms with Gasteiger partial charge in [0.25, 0.3) is 5.91 Å². The molecular weight excluding hydrogens is 446 g/mol. The van der Waals surface area contributed by atoms with Gasteiger partial charge in [0.15, 0.2) is 11.5 Å². The van der Waals surface area contributed by atoms with Crippen molar-refractivity contribution in [2.45, 2.75) is 24.7 Å². The lowest BCUT2D eigenvalue weighted by atomic mass is 9.74. The van der Waals surface area contributed by atoms with Crippen LogP contribution in [-0.4, -0.2) is 71.7 Å². The quantitative estimate of drug-likeness (QED) is 0.553. The molecule has 0 N–H and O–H groups in total. The SMILES string of the molecule is O=C(c1ccc(N2CCC3(C=Cc4ccccc43)CC2)nn1)N1CCN(CCc2ccccc2)CC1. The van der Waals surface area contributed by atoms with Crippen molar-refractivity contribution in [1.29, 1.82) is 0 Å². The summed E-state index contributed by atoms with van der Waals surface area (Å²) < 4.78 is 0. The lowest BCUT2D eigenvalue weighted by Gasteiger charge is -2.39. The van der Waals surface area contributed by atoms with E-state index in [-0.39, 0.29) is 11.3 Å². The van der Waals surface area contributed by atoms with Crippen molar-refractivity contribution in [3.63, 3.8) is 0 Å². The Labute approximate surface area is 213 Å². The van der Waals surface area contributed by atoms with Crippen LogP contribution in [0.25, 0.3) is 6.08 Å². The standard InChI is InChI=1S/C30H33N5O/c36-29(35-22-20-33(21-23-35)17-13-24-6-2-1-3-7-24)27-10-11-28(32-31-27)34-18-15-30(16-19-34)14-12-25-8-4-5-9-26(25)30/h1-12,14H,13,15-23H2. The fourth-order valence-corrected chi connectivity index (χ4v) is 5.88. The van der Waals surface area contributed by atoms with Gasteiger partial charge in [0.1, 0.15) is 0 Å². The summed E-state index contributed by atoms with van der Waals surface area (Å²) in [6.45, 7) is 6.17. The van der Waals surface area contributed by atoms with Crippen molar-refractivity contribution < 1.29 is 4.79 Å². The maximum Gasteiger partial charge on any atom is 0.274 e. The van der Waals surface area contributed by atoms with E-state index >= 15 is 0 Å². The Kier molecular flexibility index (Phi) is 6.28. The Bertz CT molecular complexity index is 1220. The van der Waals surface area contributed by atoms with Crippen LogP contribution in [0.1, 0.15) is 40.0 Å². The molecule has 3 aliphatic rings. The number of carbonyl (C=O) groups is 1. The molecule has 1 aromatic heterocycles. The van der Waals surface area contributed by atoms with Crippen LogP contribution in [0.5, 0.6) is 0 Å². The highest BCUT2D eigenvalue weighted by Gasteiger charge is 2.38. The zero-order valence-corrected chi connectivity index (χ0v) is 20.7. The molecule has 0 atom stereocenters. The number of rotatable bonds is 5. The van der Waals surface area contributed by atoms with Crippen LogP contribution in [0.15, 0.2) is 72.8 Å². The number of hydrogen-bond acceptors (Lipinski definition) is 5. The lowest BCUT2D eigenvalue weighted by molar-refractivity contribution is 0.0631. The topological polar surface area (TPSA) is 52.6 Å². The van der Waals surface area contributed by atoms with Crippen LogP contribution < -0.4 is 4.90 Å². The molecule has 0 bridgehead atoms. The number of carbonyl (C=O) groups excluding carboxylic acids is 1. The predicted octanol–water partition coefficient (Wildman–Crippen LogP) is 4.04. The van der Waals surface area contributed by atoms with Crippen molar-refractivity contribution in [3.05, 3.63) is 95.2 Å². The molecule has 36 heavy (non-hydrogen) atoms. The molecule has 3 heterocycles. The van der Waals surface area contributed by atoms with Crippen LogP contribution in [0, 0.1) is 0 Å². The molecule has 0 unspecified atom stereocenters. The van der Waals surface area contributed by atoms with E-state index in [9.17, 15) is 4.79 Å². The molecule has 1 amide bonds. The molecule has 6 rings (SSSR count). The van der Waals surface area contributed by atoms with Crippen LogP contribution in [0.3, 0.4) is 0 Å². The average Bonchev–Trinajstić information content (AvgIpc) is 3.31. The first-order valence-corrected chi connectivity index (χ1v) is 13.1. The normalized spacial score (nSPS) is 19.0. The number of fused-ring (bicyclic) bond motifs is 2. The number of benzene rings is 2. The molecule has 2 saturated heterocycles. The molecule has 0 radical (unpaired) electrons. The number of aromatic nitrogens is 2. The molecule has 2 fully saturated rings. The van der Waals surface area contributed by atoms with Crippen LogP contribution in [0.4, 0.5) is 5.82 Å². The Morgan fingerprint density at radius 1 is 0.806 bits per heavy atom. The second-order valence-corrected chi connectivity index (χ2v) is 10.2. The Hall–Kier alpha value is -3.51. The van der Waals surface area contributed by atoms with Gasteiger partial charge in [-0.3, -0.25) is 9.69 Å². The minimum absolute atomic E-state index is 0.0120. The molecule has 2 aliphatic heterocycles. The van der Waals surface area contributed by atoms with Crippen LogP contribution in [-0.2, 0) is 11.8 Å². The number of anilines is 1. The van der Waals surface area contributed by atoms with E-state index in [1.54, 1.807) is 0 Å². The molecule has 0 saturated carbocycles. The molecule has 2 aromatic carbocycles. The first-order valence-electron chi connectivity index (χ1n) is 13.1. The molecule has 6 heteroatoms. The Morgan fingerprint density at radius 2 is 1.56 bits per heavy atom. The highest BCUT2D eigenvalue weighted by Crippen LogP contribution is 2.44. The van der Waals surface area contributed by atoms with Crippen LogP contribution >= 0.6 is 0 Å². The van der Waals surface area contributed by atoms with E-state index in [1.165, 1.54) is 16.7 Å². The van der Waals surface area contributed by atoms with E-state index in [1.807, 2.05) is 17.0 Å². The summed E-state index contributed by atoms with van der Waals surface area (Å²) in [5.74, 6) is 0.851. The molecule has 184 valence electrons. The van der Waals surface area contributed by atoms with E-state index < -0.39 is 0 Å². The molecule has 3 aromatic rings. The van der Waals surface area contributed by atoms with Crippen LogP contribution in [0.2, 0.25) is 0 Å². The van der Waals surface area contributed by atoms with Crippen molar-refractivity contribution >= 4 is 17.8 Å². The van der Waals surface area contributed by atoms with Gasteiger partial charge in [-0.25, -0.2) is 0 Å². The zero-order chi connectivity index (χ0) is 24.4. The molecule has 1 aliphatic carbocycles. The lowest BCUT2D eigenvalue weighted by Crippen LogP contribution is -2.49. The first kappa shape index (κ1) is 22.9. The minimum atomic E-state index is -0.0120. The summed E-state index contributed by atoms with van der Waals surface area (Å²) >= 11 is 0. The second kappa shape index (κ2) is 9.86. The third-order valence-corrected chi connectivity index (χ3v) is 8.15. The highest BCUT2D eigenvalue weighted by atomic mass is 16.2. The van der Waals surface area contributed by atoms with E-state index in [0.29, 0.717) is 5.69 Å². The molecule has 1 spiro atoms. The maximum absolute atomic E-state index is 13.0. The van der Waals surface area contributed by atoms with Gasteiger partial charge in [0.05, 0.1) is 0 Å². The summed E-state index contributed by atoms with van der Waals surface area (Å²) in [7, 11) is 0. The van der Waals surface area contributed by atoms with Gasteiger partial charge in [0, 0.05) is 51.2 Å². The van der Waals surface area contributed by atoms with Gasteiger partial charge in [-0.1, -0.05) is 66.7 Å². The monoisotopic (exact) mass is 479 g/mol. The summed E-state index contributed by atoms with van der Waals surface area (Å²) in [4.78, 5) is 19.7. The van der Waals surface area contributed by atoms with Gasteiger partial charge in [0.2, 0.25) is 0 Å². The average molecular weight is 480 g/mol. The summed E-state index contributed by atoms with van der Waals surface area (Å²) in [5.41, 5.74) is 4.76. The predicted molar refractivity (Wildman–Crippen MR) is 143 cm³/mol. The van der Waals surface area contributed by atoms with E-state index in [2.05, 4.69) is 86.7 Å². The number of piperazine rings is 1. The number of amides is 1. The second-order valence-electron chi connectivity index (χ2n) is 10.2. The van der Waals surface area contributed by atoms with Gasteiger partial charge < -0.3 is 9.80 Å². The van der Waals surface area contributed by atoms with Crippen molar-refractivity contribution in [3.8, 4) is 0 Å². The van der Waals surface area contributed by atoms with Gasteiger partial charge in [-0.2, -0.15) is 0 Å². The number of nitrogens with zero attached hydrogens (tertiary/aromatic N) is 5. The van der Waals surface area contributed by atoms with Crippen molar-refractivity contribution in [2.24, 2.45) is 0 Å². The minimum Gasteiger partial charge on any atom is -0.355 e. The van der Waals surface area contributed by atoms with Crippen molar-refractivity contribution in [1.82, 2.24) is 20.0 Å². The van der Waals surface area contributed by atoms with Gasteiger partial charge in [-0.05, 0) is 48.1 Å². The summed E-state index contributed by atoms with van der Waals surface area (Å²) in [5, 5.41) is 8.79.